The number of halogens is 2. The van der Waals surface area contributed by atoms with Gasteiger partial charge in [-0.2, -0.15) is 5.10 Å². The summed E-state index contributed by atoms with van der Waals surface area (Å²) in [4.78, 5) is 11.9. The van der Waals surface area contributed by atoms with Crippen LogP contribution in [0.5, 0.6) is 0 Å². The Labute approximate surface area is 103 Å². The maximum absolute atomic E-state index is 12.7. The molecule has 100 valence electrons. The minimum absolute atomic E-state index is 0.143. The highest BCUT2D eigenvalue weighted by Crippen LogP contribution is 2.32. The van der Waals surface area contributed by atoms with Gasteiger partial charge in [-0.05, 0) is 19.8 Å². The molecular formula is C11H15F2N3O2. The lowest BCUT2D eigenvalue weighted by Gasteiger charge is -2.42. The number of carbonyl (C=O) groups excluding carboxylic acids is 1. The lowest BCUT2D eigenvalue weighted by molar-refractivity contribution is -0.0487. The average molecular weight is 259 g/mol. The van der Waals surface area contributed by atoms with Crippen molar-refractivity contribution in [2.75, 3.05) is 0 Å². The Morgan fingerprint density at radius 1 is 1.72 bits per heavy atom. The molecule has 2 rings (SSSR count). The molecule has 1 saturated carbocycles. The molecule has 7 heteroatoms. The van der Waals surface area contributed by atoms with Gasteiger partial charge in [-0.1, -0.05) is 0 Å². The number of carbonyl (C=O) groups is 1. The molecule has 0 aliphatic heterocycles. The second kappa shape index (κ2) is 4.31. The first-order valence-corrected chi connectivity index (χ1v) is 5.66. The van der Waals surface area contributed by atoms with Gasteiger partial charge in [0, 0.05) is 13.2 Å². The van der Waals surface area contributed by atoms with Gasteiger partial charge in [0.2, 0.25) is 0 Å². The fourth-order valence-corrected chi connectivity index (χ4v) is 2.01. The minimum Gasteiger partial charge on any atom is -0.388 e. The number of alkyl halides is 2. The predicted molar refractivity (Wildman–Crippen MR) is 59.3 cm³/mol. The van der Waals surface area contributed by atoms with E-state index in [0.717, 1.165) is 0 Å². The van der Waals surface area contributed by atoms with Crippen LogP contribution in [0.2, 0.25) is 0 Å². The summed E-state index contributed by atoms with van der Waals surface area (Å²) in [6.45, 7) is 1.61. The molecule has 0 radical (unpaired) electrons. The van der Waals surface area contributed by atoms with E-state index < -0.39 is 29.7 Å². The Bertz CT molecular complexity index is 471. The molecule has 2 atom stereocenters. The molecule has 1 fully saturated rings. The van der Waals surface area contributed by atoms with Gasteiger partial charge in [0.05, 0.1) is 17.2 Å². The highest BCUT2D eigenvalue weighted by atomic mass is 19.3. The number of rotatable bonds is 3. The summed E-state index contributed by atoms with van der Waals surface area (Å²) in [5.74, 6) is -0.622. The van der Waals surface area contributed by atoms with Crippen LogP contribution in [-0.4, -0.2) is 32.4 Å². The Morgan fingerprint density at radius 2 is 2.39 bits per heavy atom. The largest absolute Gasteiger partial charge is 0.388 e. The van der Waals surface area contributed by atoms with Gasteiger partial charge in [-0.3, -0.25) is 9.48 Å². The fourth-order valence-electron chi connectivity index (χ4n) is 2.01. The zero-order chi connectivity index (χ0) is 13.5. The minimum atomic E-state index is -2.80. The zero-order valence-corrected chi connectivity index (χ0v) is 10.2. The van der Waals surface area contributed by atoms with Gasteiger partial charge < -0.3 is 10.4 Å². The summed E-state index contributed by atoms with van der Waals surface area (Å²) in [7, 11) is 1.47. The van der Waals surface area contributed by atoms with E-state index >= 15 is 0 Å². The number of hydrogen-bond donors (Lipinski definition) is 2. The number of aryl methyl sites for hydroxylation is 1. The monoisotopic (exact) mass is 259 g/mol. The summed E-state index contributed by atoms with van der Waals surface area (Å²) in [5, 5.41) is 15.9. The van der Waals surface area contributed by atoms with Crippen molar-refractivity contribution in [3.63, 3.8) is 0 Å². The van der Waals surface area contributed by atoms with Crippen molar-refractivity contribution < 1.29 is 18.7 Å². The van der Waals surface area contributed by atoms with Crippen molar-refractivity contribution in [3.05, 3.63) is 17.5 Å². The van der Waals surface area contributed by atoms with E-state index in [2.05, 4.69) is 10.4 Å². The van der Waals surface area contributed by atoms with Crippen LogP contribution in [0.3, 0.4) is 0 Å². The third-order valence-electron chi connectivity index (χ3n) is 3.30. The first-order valence-electron chi connectivity index (χ1n) is 5.66. The van der Waals surface area contributed by atoms with Gasteiger partial charge in [-0.25, -0.2) is 8.78 Å². The van der Waals surface area contributed by atoms with E-state index in [4.69, 9.17) is 0 Å². The van der Waals surface area contributed by atoms with E-state index in [1.807, 2.05) is 0 Å². The quantitative estimate of drug-likeness (QED) is 0.851. The number of nitrogens with zero attached hydrogens (tertiary/aromatic N) is 2. The number of hydrogen-bond acceptors (Lipinski definition) is 3. The number of nitrogens with one attached hydrogen (secondary N) is 1. The van der Waals surface area contributed by atoms with Gasteiger partial charge in [0.25, 0.3) is 12.3 Å². The molecule has 0 aromatic carbocycles. The van der Waals surface area contributed by atoms with Gasteiger partial charge in [-0.15, -0.1) is 0 Å². The summed E-state index contributed by atoms with van der Waals surface area (Å²) < 4.78 is 26.5. The molecule has 1 heterocycles. The Kier molecular flexibility index (Phi) is 3.10. The molecule has 0 unspecified atom stereocenters. The van der Waals surface area contributed by atoms with Crippen molar-refractivity contribution in [1.29, 1.82) is 0 Å². The maximum Gasteiger partial charge on any atom is 0.282 e. The van der Waals surface area contributed by atoms with E-state index in [9.17, 15) is 18.7 Å². The van der Waals surface area contributed by atoms with Crippen molar-refractivity contribution >= 4 is 5.91 Å². The van der Waals surface area contributed by atoms with Gasteiger partial charge >= 0.3 is 0 Å². The van der Waals surface area contributed by atoms with E-state index in [1.165, 1.54) is 17.9 Å². The van der Waals surface area contributed by atoms with Crippen LogP contribution in [0, 0.1) is 0 Å². The Balaban J connectivity index is 2.14. The van der Waals surface area contributed by atoms with Crippen molar-refractivity contribution in [3.8, 4) is 0 Å². The highest BCUT2D eigenvalue weighted by molar-refractivity contribution is 5.95. The Hall–Kier alpha value is -1.50. The van der Waals surface area contributed by atoms with Gasteiger partial charge in [0.15, 0.2) is 0 Å². The van der Waals surface area contributed by atoms with Crippen molar-refractivity contribution in [2.24, 2.45) is 7.05 Å². The van der Waals surface area contributed by atoms with Crippen LogP contribution in [-0.2, 0) is 7.05 Å². The second-order valence-corrected chi connectivity index (χ2v) is 4.82. The molecule has 0 spiro atoms. The van der Waals surface area contributed by atoms with Gasteiger partial charge in [0.1, 0.15) is 5.69 Å². The average Bonchev–Trinajstić information content (AvgIpc) is 2.66. The summed E-state index contributed by atoms with van der Waals surface area (Å²) in [5.41, 5.74) is -1.63. The van der Waals surface area contributed by atoms with E-state index in [1.54, 1.807) is 6.92 Å². The van der Waals surface area contributed by atoms with Crippen LogP contribution in [0.15, 0.2) is 6.20 Å². The first kappa shape index (κ1) is 12.9. The molecule has 5 nitrogen and oxygen atoms in total. The molecule has 0 saturated heterocycles. The Morgan fingerprint density at radius 3 is 2.83 bits per heavy atom. The lowest BCUT2D eigenvalue weighted by atomic mass is 9.76. The molecule has 1 aliphatic rings. The second-order valence-electron chi connectivity index (χ2n) is 4.82. The molecule has 1 aliphatic carbocycles. The van der Waals surface area contributed by atoms with Crippen LogP contribution in [0.4, 0.5) is 8.78 Å². The predicted octanol–water partition coefficient (Wildman–Crippen LogP) is 1.00. The smallest absolute Gasteiger partial charge is 0.282 e. The maximum atomic E-state index is 12.7. The molecule has 0 bridgehead atoms. The number of aliphatic hydroxyl groups is 1. The molecular weight excluding hydrogens is 244 g/mol. The summed E-state index contributed by atoms with van der Waals surface area (Å²) in [6, 6.07) is -0.393. The standard InChI is InChI=1S/C11H15F2N3O2/c1-11(18)4-3-7(11)14-10(17)6-5-16(2)15-8(6)9(12)13/h5,7,9,18H,3-4H2,1-2H3,(H,14,17)/t7-,11-/m1/s1. The van der Waals surface area contributed by atoms with Crippen LogP contribution >= 0.6 is 0 Å². The summed E-state index contributed by atoms with van der Waals surface area (Å²) in [6.07, 6.45) is -0.311. The zero-order valence-electron chi connectivity index (χ0n) is 10.2. The number of aromatic nitrogens is 2. The third-order valence-corrected chi connectivity index (χ3v) is 3.30. The van der Waals surface area contributed by atoms with Crippen molar-refractivity contribution in [2.45, 2.75) is 37.8 Å². The first-order chi connectivity index (χ1) is 8.31. The molecule has 2 N–H and O–H groups in total. The number of amides is 1. The van der Waals surface area contributed by atoms with Crippen LogP contribution in [0.1, 0.15) is 42.2 Å². The topological polar surface area (TPSA) is 67.2 Å². The van der Waals surface area contributed by atoms with Crippen LogP contribution in [0.25, 0.3) is 0 Å². The normalized spacial score (nSPS) is 27.1. The summed E-state index contributed by atoms with van der Waals surface area (Å²) >= 11 is 0. The molecule has 18 heavy (non-hydrogen) atoms. The molecule has 1 aromatic rings. The molecule has 1 aromatic heterocycles. The molecule has 1 amide bonds. The fraction of sp³-hybridized carbons (Fsp3) is 0.636. The third kappa shape index (κ3) is 2.22. The lowest BCUT2D eigenvalue weighted by Crippen LogP contribution is -2.58. The highest BCUT2D eigenvalue weighted by Gasteiger charge is 2.42. The van der Waals surface area contributed by atoms with E-state index in [0.29, 0.717) is 12.8 Å². The van der Waals surface area contributed by atoms with Crippen molar-refractivity contribution in [1.82, 2.24) is 15.1 Å². The van der Waals surface area contributed by atoms with E-state index in [-0.39, 0.29) is 5.56 Å². The van der Waals surface area contributed by atoms with Crippen LogP contribution < -0.4 is 5.32 Å². The SMILES string of the molecule is Cn1cc(C(=O)N[C@@H]2CC[C@@]2(C)O)c(C(F)F)n1.